The van der Waals surface area contributed by atoms with E-state index in [0.717, 1.165) is 26.2 Å². The number of nitrogens with one attached hydrogen (secondary N) is 2. The van der Waals surface area contributed by atoms with Gasteiger partial charge in [0.2, 0.25) is 0 Å². The first-order valence-electron chi connectivity index (χ1n) is 10.6. The van der Waals surface area contributed by atoms with E-state index in [0.29, 0.717) is 17.9 Å². The van der Waals surface area contributed by atoms with Gasteiger partial charge >= 0.3 is 0 Å². The van der Waals surface area contributed by atoms with Crippen LogP contribution in [0.15, 0.2) is 24.3 Å². The molecule has 2 saturated heterocycles. The van der Waals surface area contributed by atoms with Crippen molar-refractivity contribution in [3.8, 4) is 0 Å². The average molecular weight is 392 g/mol. The van der Waals surface area contributed by atoms with Crippen LogP contribution in [-0.2, 0) is 10.3 Å². The summed E-state index contributed by atoms with van der Waals surface area (Å²) in [6, 6.07) is 8.10. The van der Waals surface area contributed by atoms with Crippen LogP contribution < -0.4 is 10.6 Å². The smallest absolute Gasteiger partial charge is 0.290 e. The summed E-state index contributed by atoms with van der Waals surface area (Å²) in [5.74, 6) is 1.09. The minimum atomic E-state index is -0.250. The average Bonchev–Trinajstić information content (AvgIpc) is 3.15. The van der Waals surface area contributed by atoms with Crippen molar-refractivity contribution < 1.29 is 14.3 Å². The first-order valence-corrected chi connectivity index (χ1v) is 10.6. The van der Waals surface area contributed by atoms with Crippen molar-refractivity contribution in [3.05, 3.63) is 35.6 Å². The van der Waals surface area contributed by atoms with E-state index in [-0.39, 0.29) is 17.8 Å². The number of benzene rings is 1. The molecule has 156 valence electrons. The van der Waals surface area contributed by atoms with E-state index < -0.39 is 0 Å². The van der Waals surface area contributed by atoms with Crippen molar-refractivity contribution in [2.45, 2.75) is 50.1 Å². The Morgan fingerprint density at radius 2 is 1.93 bits per heavy atom. The number of hydrogen-bond acceptors (Lipinski definition) is 4. The van der Waals surface area contributed by atoms with E-state index in [4.69, 9.17) is 9.90 Å². The van der Waals surface area contributed by atoms with Gasteiger partial charge in [-0.05, 0) is 81.8 Å². The topological polar surface area (TPSA) is 64.6 Å². The van der Waals surface area contributed by atoms with Gasteiger partial charge in [-0.25, -0.2) is 4.39 Å². The Kier molecular flexibility index (Phi) is 7.43. The molecule has 1 saturated carbocycles. The minimum absolute atomic E-state index is 0.00731. The molecule has 2 heterocycles. The number of carboxylic acid groups (broad SMARTS) is 1. The zero-order chi connectivity index (χ0) is 20.0. The molecule has 0 amide bonds. The van der Waals surface area contributed by atoms with Crippen LogP contribution in [0.2, 0.25) is 0 Å². The number of hydrogen-bond donors (Lipinski definition) is 3. The molecular weight excluding hydrogens is 357 g/mol. The highest BCUT2D eigenvalue weighted by atomic mass is 19.1. The highest BCUT2D eigenvalue weighted by molar-refractivity contribution is 5.32. The van der Waals surface area contributed by atoms with Crippen molar-refractivity contribution in [2.75, 3.05) is 33.2 Å². The van der Waals surface area contributed by atoms with Crippen molar-refractivity contribution in [2.24, 2.45) is 11.8 Å². The van der Waals surface area contributed by atoms with Gasteiger partial charge in [-0.1, -0.05) is 18.6 Å². The minimum Gasteiger partial charge on any atom is -0.483 e. The second-order valence-corrected chi connectivity index (χ2v) is 8.24. The Morgan fingerprint density at radius 3 is 2.50 bits per heavy atom. The Morgan fingerprint density at radius 1 is 1.21 bits per heavy atom. The van der Waals surface area contributed by atoms with Crippen molar-refractivity contribution in [1.82, 2.24) is 15.5 Å². The molecule has 28 heavy (non-hydrogen) atoms. The Hall–Kier alpha value is -1.50. The van der Waals surface area contributed by atoms with E-state index in [1.807, 2.05) is 12.1 Å². The number of piperidine rings is 1. The first kappa shape index (κ1) is 21.2. The maximum Gasteiger partial charge on any atom is 0.290 e. The van der Waals surface area contributed by atoms with Crippen LogP contribution in [0, 0.1) is 17.7 Å². The molecule has 6 heteroatoms. The summed E-state index contributed by atoms with van der Waals surface area (Å²) in [5.41, 5.74) is 1.22. The summed E-state index contributed by atoms with van der Waals surface area (Å²) in [6.07, 6.45) is 7.45. The number of nitrogens with zero attached hydrogens (tertiary/aromatic N) is 1. The predicted molar refractivity (Wildman–Crippen MR) is 109 cm³/mol. The van der Waals surface area contributed by atoms with Gasteiger partial charge in [0.15, 0.2) is 0 Å². The van der Waals surface area contributed by atoms with Crippen molar-refractivity contribution in [3.63, 3.8) is 0 Å². The van der Waals surface area contributed by atoms with Crippen LogP contribution in [0.3, 0.4) is 0 Å². The quantitative estimate of drug-likeness (QED) is 0.674. The number of rotatable bonds is 5. The molecule has 0 bridgehead atoms. The van der Waals surface area contributed by atoms with Gasteiger partial charge in [-0.2, -0.15) is 0 Å². The molecule has 4 rings (SSSR count). The van der Waals surface area contributed by atoms with E-state index in [9.17, 15) is 4.39 Å². The molecular formula is C22H34FN3O2. The first-order chi connectivity index (χ1) is 13.7. The third kappa shape index (κ3) is 3.95. The van der Waals surface area contributed by atoms with Crippen LogP contribution in [0.4, 0.5) is 4.39 Å². The molecule has 2 aliphatic heterocycles. The monoisotopic (exact) mass is 391 g/mol. The van der Waals surface area contributed by atoms with Gasteiger partial charge in [-0.15, -0.1) is 0 Å². The summed E-state index contributed by atoms with van der Waals surface area (Å²) in [7, 11) is 2.11. The Bertz CT molecular complexity index is 634. The lowest BCUT2D eigenvalue weighted by molar-refractivity contribution is -0.122. The second kappa shape index (κ2) is 9.81. The van der Waals surface area contributed by atoms with Crippen LogP contribution in [0.5, 0.6) is 0 Å². The summed E-state index contributed by atoms with van der Waals surface area (Å²) >= 11 is 0. The molecule has 3 N–H and O–H groups in total. The second-order valence-electron chi connectivity index (χ2n) is 8.24. The highest BCUT2D eigenvalue weighted by Crippen LogP contribution is 2.53. The zero-order valence-corrected chi connectivity index (χ0v) is 16.9. The van der Waals surface area contributed by atoms with Gasteiger partial charge < -0.3 is 15.7 Å². The fourth-order valence-electron chi connectivity index (χ4n) is 5.95. The van der Waals surface area contributed by atoms with E-state index in [1.54, 1.807) is 6.07 Å². The summed E-state index contributed by atoms with van der Waals surface area (Å²) in [6.45, 7) is 4.25. The van der Waals surface area contributed by atoms with Crippen molar-refractivity contribution >= 4 is 6.47 Å². The zero-order valence-electron chi connectivity index (χ0n) is 16.9. The number of likely N-dealkylation sites (tertiary alicyclic amines) is 1. The molecule has 1 aliphatic carbocycles. The van der Waals surface area contributed by atoms with E-state index >= 15 is 0 Å². The third-order valence-electron chi connectivity index (χ3n) is 7.08. The molecule has 3 unspecified atom stereocenters. The van der Waals surface area contributed by atoms with Crippen molar-refractivity contribution in [1.29, 1.82) is 0 Å². The maximum atomic E-state index is 14.3. The molecule has 0 radical (unpaired) electrons. The number of halogens is 1. The SMILES string of the molecule is CNC1CCCC1C(c1cccc(F)c1)(C1CCNCC1)N1CCC1.O=CO. The molecule has 3 atom stereocenters. The van der Waals surface area contributed by atoms with Crippen LogP contribution in [-0.4, -0.2) is 55.7 Å². The lowest BCUT2D eigenvalue weighted by Crippen LogP contribution is -2.64. The molecule has 1 aromatic rings. The van der Waals surface area contributed by atoms with Gasteiger partial charge in [0.1, 0.15) is 5.82 Å². The molecule has 1 aromatic carbocycles. The van der Waals surface area contributed by atoms with Gasteiger partial charge in [0, 0.05) is 19.1 Å². The Labute approximate surface area is 167 Å². The molecule has 3 fully saturated rings. The van der Waals surface area contributed by atoms with Crippen LogP contribution in [0.1, 0.15) is 44.1 Å². The Balaban J connectivity index is 0.000000706. The summed E-state index contributed by atoms with van der Waals surface area (Å²) in [5, 5.41) is 14.0. The van der Waals surface area contributed by atoms with Gasteiger partial charge in [0.05, 0.1) is 5.54 Å². The predicted octanol–water partition coefficient (Wildman–Crippen LogP) is 2.82. The maximum absolute atomic E-state index is 14.3. The summed E-state index contributed by atoms with van der Waals surface area (Å²) < 4.78 is 14.3. The van der Waals surface area contributed by atoms with Crippen LogP contribution in [0.25, 0.3) is 0 Å². The van der Waals surface area contributed by atoms with Crippen LogP contribution >= 0.6 is 0 Å². The largest absolute Gasteiger partial charge is 0.483 e. The molecule has 3 aliphatic rings. The molecule has 0 aromatic heterocycles. The highest BCUT2D eigenvalue weighted by Gasteiger charge is 2.55. The number of carbonyl (C=O) groups is 1. The van der Waals surface area contributed by atoms with Gasteiger partial charge in [-0.3, -0.25) is 9.69 Å². The van der Waals surface area contributed by atoms with E-state index in [2.05, 4.69) is 28.6 Å². The fraction of sp³-hybridized carbons (Fsp3) is 0.682. The lowest BCUT2D eigenvalue weighted by Gasteiger charge is -2.58. The van der Waals surface area contributed by atoms with E-state index in [1.165, 1.54) is 44.1 Å². The lowest BCUT2D eigenvalue weighted by atomic mass is 9.62. The standard InChI is InChI=1S/C21H32FN3.CH2O2/c1-23-20-8-3-7-19(20)21(25-13-4-14-25,16-9-11-24-12-10-16)17-5-2-6-18(22)15-17;2-1-3/h2,5-6,15-16,19-20,23-24H,3-4,7-14H2,1H3;1H,(H,2,3). The fourth-order valence-corrected chi connectivity index (χ4v) is 5.95. The molecule has 0 spiro atoms. The third-order valence-corrected chi connectivity index (χ3v) is 7.08. The molecule has 5 nitrogen and oxygen atoms in total. The normalized spacial score (nSPS) is 27.9. The summed E-state index contributed by atoms with van der Waals surface area (Å²) in [4.78, 5) is 11.1. The van der Waals surface area contributed by atoms with Gasteiger partial charge in [0.25, 0.3) is 6.47 Å².